The second kappa shape index (κ2) is 6.48. The molecule has 4 heteroatoms. The fourth-order valence-corrected chi connectivity index (χ4v) is 2.49. The Morgan fingerprint density at radius 1 is 1.11 bits per heavy atom. The first-order chi connectivity index (χ1) is 9.20. The third kappa shape index (κ3) is 3.64. The van der Waals surface area contributed by atoms with Crippen LogP contribution in [0.4, 0.5) is 10.1 Å². The molecule has 0 aliphatic heterocycles. The molecule has 0 unspecified atom stereocenters. The quantitative estimate of drug-likeness (QED) is 0.830. The van der Waals surface area contributed by atoms with Crippen LogP contribution in [0, 0.1) is 5.82 Å². The molecule has 0 bridgehead atoms. The van der Waals surface area contributed by atoms with Crippen LogP contribution in [0.5, 0.6) is 0 Å². The van der Waals surface area contributed by atoms with Gasteiger partial charge in [-0.1, -0.05) is 40.2 Å². The van der Waals surface area contributed by atoms with Crippen LogP contribution in [-0.4, -0.2) is 6.41 Å². The van der Waals surface area contributed by atoms with Crippen LogP contribution < -0.4 is 5.32 Å². The zero-order chi connectivity index (χ0) is 13.7. The highest BCUT2D eigenvalue weighted by molar-refractivity contribution is 9.10. The lowest BCUT2D eigenvalue weighted by Gasteiger charge is -2.09. The molecule has 0 heterocycles. The number of benzene rings is 2. The van der Waals surface area contributed by atoms with Gasteiger partial charge in [0, 0.05) is 10.2 Å². The zero-order valence-electron chi connectivity index (χ0n) is 10.2. The SMILES string of the molecule is O=CNc1ccccc1CCc1ccc(F)cc1Br. The van der Waals surface area contributed by atoms with E-state index in [0.29, 0.717) is 6.41 Å². The van der Waals surface area contributed by atoms with Crippen molar-refractivity contribution in [2.24, 2.45) is 0 Å². The highest BCUT2D eigenvalue weighted by atomic mass is 79.9. The number of hydrogen-bond acceptors (Lipinski definition) is 1. The predicted octanol–water partition coefficient (Wildman–Crippen LogP) is 3.94. The molecule has 0 aromatic heterocycles. The van der Waals surface area contributed by atoms with Gasteiger partial charge in [-0.25, -0.2) is 4.39 Å². The smallest absolute Gasteiger partial charge is 0.211 e. The van der Waals surface area contributed by atoms with E-state index in [9.17, 15) is 9.18 Å². The molecule has 0 aliphatic rings. The number of amides is 1. The molecule has 0 fully saturated rings. The van der Waals surface area contributed by atoms with E-state index >= 15 is 0 Å². The molecule has 1 amide bonds. The van der Waals surface area contributed by atoms with Crippen molar-refractivity contribution >= 4 is 28.0 Å². The van der Waals surface area contributed by atoms with Gasteiger partial charge in [-0.3, -0.25) is 4.79 Å². The van der Waals surface area contributed by atoms with E-state index in [2.05, 4.69) is 21.2 Å². The zero-order valence-corrected chi connectivity index (χ0v) is 11.8. The highest BCUT2D eigenvalue weighted by Crippen LogP contribution is 2.22. The number of halogens is 2. The number of anilines is 1. The summed E-state index contributed by atoms with van der Waals surface area (Å²) in [5.74, 6) is -0.251. The van der Waals surface area contributed by atoms with Gasteiger partial charge in [0.25, 0.3) is 0 Å². The maximum absolute atomic E-state index is 13.0. The summed E-state index contributed by atoms with van der Waals surface area (Å²) in [4.78, 5) is 10.5. The topological polar surface area (TPSA) is 29.1 Å². The van der Waals surface area contributed by atoms with E-state index in [1.807, 2.05) is 24.3 Å². The third-order valence-corrected chi connectivity index (χ3v) is 3.65. The maximum Gasteiger partial charge on any atom is 0.211 e. The van der Waals surface area contributed by atoms with E-state index in [1.54, 1.807) is 6.07 Å². The lowest BCUT2D eigenvalue weighted by molar-refractivity contribution is -0.105. The Morgan fingerprint density at radius 3 is 2.58 bits per heavy atom. The summed E-state index contributed by atoms with van der Waals surface area (Å²) < 4.78 is 13.8. The van der Waals surface area contributed by atoms with Crippen molar-refractivity contribution in [2.45, 2.75) is 12.8 Å². The first-order valence-corrected chi connectivity index (χ1v) is 6.72. The summed E-state index contributed by atoms with van der Waals surface area (Å²) >= 11 is 3.36. The number of carbonyl (C=O) groups is 1. The Balaban J connectivity index is 2.12. The van der Waals surface area contributed by atoms with Gasteiger partial charge in [0.15, 0.2) is 0 Å². The molecule has 98 valence electrons. The van der Waals surface area contributed by atoms with Crippen LogP contribution >= 0.6 is 15.9 Å². The number of carbonyl (C=O) groups excluding carboxylic acids is 1. The van der Waals surface area contributed by atoms with Gasteiger partial charge in [0.1, 0.15) is 5.82 Å². The van der Waals surface area contributed by atoms with E-state index in [-0.39, 0.29) is 5.82 Å². The first-order valence-electron chi connectivity index (χ1n) is 5.92. The monoisotopic (exact) mass is 321 g/mol. The summed E-state index contributed by atoms with van der Waals surface area (Å²) in [7, 11) is 0. The molecular weight excluding hydrogens is 309 g/mol. The maximum atomic E-state index is 13.0. The molecule has 2 nitrogen and oxygen atoms in total. The van der Waals surface area contributed by atoms with Crippen LogP contribution in [-0.2, 0) is 17.6 Å². The molecule has 0 spiro atoms. The molecular formula is C15H13BrFNO. The van der Waals surface area contributed by atoms with Crippen molar-refractivity contribution in [1.29, 1.82) is 0 Å². The Morgan fingerprint density at radius 2 is 1.84 bits per heavy atom. The Hall–Kier alpha value is -1.68. The predicted molar refractivity (Wildman–Crippen MR) is 77.6 cm³/mol. The Kier molecular flexibility index (Phi) is 4.68. The minimum atomic E-state index is -0.251. The molecule has 0 atom stereocenters. The van der Waals surface area contributed by atoms with E-state index < -0.39 is 0 Å². The second-order valence-electron chi connectivity index (χ2n) is 4.16. The molecule has 2 aromatic carbocycles. The first kappa shape index (κ1) is 13.7. The Labute approximate surface area is 119 Å². The van der Waals surface area contributed by atoms with Crippen molar-refractivity contribution < 1.29 is 9.18 Å². The fraction of sp³-hybridized carbons (Fsp3) is 0.133. The molecule has 2 aromatic rings. The fourth-order valence-electron chi connectivity index (χ4n) is 1.94. The molecule has 2 rings (SSSR count). The minimum Gasteiger partial charge on any atom is -0.328 e. The van der Waals surface area contributed by atoms with Crippen molar-refractivity contribution in [3.05, 3.63) is 63.9 Å². The van der Waals surface area contributed by atoms with Gasteiger partial charge in [0.05, 0.1) is 0 Å². The van der Waals surface area contributed by atoms with Crippen molar-refractivity contribution in [3.63, 3.8) is 0 Å². The van der Waals surface area contributed by atoms with Gasteiger partial charge in [-0.15, -0.1) is 0 Å². The summed E-state index contributed by atoms with van der Waals surface area (Å²) in [6.45, 7) is 0. The average molecular weight is 322 g/mol. The van der Waals surface area contributed by atoms with Crippen LogP contribution in [0.1, 0.15) is 11.1 Å². The minimum absolute atomic E-state index is 0.251. The third-order valence-electron chi connectivity index (χ3n) is 2.91. The van der Waals surface area contributed by atoms with Gasteiger partial charge in [0.2, 0.25) is 6.41 Å². The number of nitrogens with one attached hydrogen (secondary N) is 1. The van der Waals surface area contributed by atoms with Crippen LogP contribution in [0.15, 0.2) is 46.9 Å². The van der Waals surface area contributed by atoms with Gasteiger partial charge < -0.3 is 5.32 Å². The molecule has 0 saturated carbocycles. The average Bonchev–Trinajstić information content (AvgIpc) is 2.40. The molecule has 1 N–H and O–H groups in total. The highest BCUT2D eigenvalue weighted by Gasteiger charge is 2.05. The number of rotatable bonds is 5. The Bertz CT molecular complexity index is 586. The number of aryl methyl sites for hydroxylation is 2. The van der Waals surface area contributed by atoms with Gasteiger partial charge >= 0.3 is 0 Å². The lowest BCUT2D eigenvalue weighted by atomic mass is 10.0. The van der Waals surface area contributed by atoms with Gasteiger partial charge in [-0.05, 0) is 42.2 Å². The van der Waals surface area contributed by atoms with Crippen LogP contribution in [0.25, 0.3) is 0 Å². The normalized spacial score (nSPS) is 10.2. The summed E-state index contributed by atoms with van der Waals surface area (Å²) in [6.07, 6.45) is 2.23. The van der Waals surface area contributed by atoms with E-state index in [0.717, 1.165) is 34.1 Å². The molecule has 0 saturated heterocycles. The van der Waals surface area contributed by atoms with Crippen LogP contribution in [0.3, 0.4) is 0 Å². The number of para-hydroxylation sites is 1. The largest absolute Gasteiger partial charge is 0.328 e. The number of hydrogen-bond donors (Lipinski definition) is 1. The molecule has 0 radical (unpaired) electrons. The molecule has 19 heavy (non-hydrogen) atoms. The van der Waals surface area contributed by atoms with Crippen molar-refractivity contribution in [3.8, 4) is 0 Å². The lowest BCUT2D eigenvalue weighted by Crippen LogP contribution is -2.00. The van der Waals surface area contributed by atoms with Crippen molar-refractivity contribution in [2.75, 3.05) is 5.32 Å². The van der Waals surface area contributed by atoms with Crippen molar-refractivity contribution in [1.82, 2.24) is 0 Å². The molecule has 0 aliphatic carbocycles. The van der Waals surface area contributed by atoms with E-state index in [1.165, 1.54) is 12.1 Å². The van der Waals surface area contributed by atoms with Crippen LogP contribution in [0.2, 0.25) is 0 Å². The second-order valence-corrected chi connectivity index (χ2v) is 5.01. The summed E-state index contributed by atoms with van der Waals surface area (Å²) in [6, 6.07) is 12.3. The summed E-state index contributed by atoms with van der Waals surface area (Å²) in [5, 5.41) is 2.68. The summed E-state index contributed by atoms with van der Waals surface area (Å²) in [5.41, 5.74) is 2.92. The van der Waals surface area contributed by atoms with Gasteiger partial charge in [-0.2, -0.15) is 0 Å². The van der Waals surface area contributed by atoms with E-state index in [4.69, 9.17) is 0 Å². The standard InChI is InChI=1S/C15H13BrFNO/c16-14-9-13(17)8-7-11(14)5-6-12-3-1-2-4-15(12)18-10-19/h1-4,7-10H,5-6H2,(H,18,19).